The van der Waals surface area contributed by atoms with Crippen molar-refractivity contribution in [2.75, 3.05) is 5.32 Å². The summed E-state index contributed by atoms with van der Waals surface area (Å²) in [6.07, 6.45) is 0. The molecule has 0 fully saturated rings. The number of rotatable bonds is 2. The summed E-state index contributed by atoms with van der Waals surface area (Å²) in [5.41, 5.74) is 1.83. The van der Waals surface area contributed by atoms with Crippen LogP contribution in [0.3, 0.4) is 0 Å². The van der Waals surface area contributed by atoms with Gasteiger partial charge >= 0.3 is 0 Å². The smallest absolute Gasteiger partial charge is 0.131 e. The highest BCUT2D eigenvalue weighted by molar-refractivity contribution is 6.35. The van der Waals surface area contributed by atoms with Crippen LogP contribution in [0.2, 0.25) is 5.02 Å². The Labute approximate surface area is 110 Å². The first-order valence-corrected chi connectivity index (χ1v) is 6.08. The van der Waals surface area contributed by atoms with Crippen molar-refractivity contribution in [1.29, 1.82) is 0 Å². The minimum Gasteiger partial charge on any atom is -0.340 e. The zero-order valence-corrected chi connectivity index (χ0v) is 10.4. The topological polar surface area (TPSA) is 24.9 Å². The molecule has 1 aromatic heterocycles. The largest absolute Gasteiger partial charge is 0.340 e. The van der Waals surface area contributed by atoms with Gasteiger partial charge in [0, 0.05) is 11.1 Å². The van der Waals surface area contributed by atoms with Gasteiger partial charge in [-0.05, 0) is 30.3 Å². The number of hydrogen-bond donors (Lipinski definition) is 1. The second kappa shape index (κ2) is 4.67. The maximum absolute atomic E-state index is 6.14. The van der Waals surface area contributed by atoms with Crippen molar-refractivity contribution in [1.82, 2.24) is 4.98 Å². The molecule has 0 aliphatic carbocycles. The summed E-state index contributed by atoms with van der Waals surface area (Å²) in [4.78, 5) is 4.53. The van der Waals surface area contributed by atoms with E-state index in [0.29, 0.717) is 5.02 Å². The molecule has 0 bridgehead atoms. The van der Waals surface area contributed by atoms with Crippen LogP contribution in [0.4, 0.5) is 11.5 Å². The molecule has 88 valence electrons. The molecular weight excluding hydrogens is 244 g/mol. The van der Waals surface area contributed by atoms with Gasteiger partial charge < -0.3 is 5.32 Å². The first kappa shape index (κ1) is 11.1. The minimum atomic E-state index is 0.671. The summed E-state index contributed by atoms with van der Waals surface area (Å²) >= 11 is 6.14. The van der Waals surface area contributed by atoms with Crippen LogP contribution in [0.25, 0.3) is 10.9 Å². The van der Waals surface area contributed by atoms with Crippen molar-refractivity contribution in [3.05, 3.63) is 65.7 Å². The molecule has 3 heteroatoms. The number of benzene rings is 2. The zero-order valence-electron chi connectivity index (χ0n) is 9.60. The molecule has 2 aromatic carbocycles. The Morgan fingerprint density at radius 2 is 1.67 bits per heavy atom. The van der Waals surface area contributed by atoms with E-state index in [1.165, 1.54) is 0 Å². The van der Waals surface area contributed by atoms with Gasteiger partial charge in [0.25, 0.3) is 0 Å². The second-order valence-corrected chi connectivity index (χ2v) is 4.41. The number of halogens is 1. The van der Waals surface area contributed by atoms with E-state index in [0.717, 1.165) is 22.4 Å². The van der Waals surface area contributed by atoms with Crippen LogP contribution in [-0.4, -0.2) is 4.98 Å². The van der Waals surface area contributed by atoms with Crippen molar-refractivity contribution in [3.8, 4) is 0 Å². The number of pyridine rings is 1. The Bertz CT molecular complexity index is 680. The average Bonchev–Trinajstić information content (AvgIpc) is 2.41. The van der Waals surface area contributed by atoms with Gasteiger partial charge in [0.2, 0.25) is 0 Å². The summed E-state index contributed by atoms with van der Waals surface area (Å²) in [6, 6.07) is 19.7. The predicted molar refractivity (Wildman–Crippen MR) is 76.5 cm³/mol. The van der Waals surface area contributed by atoms with Crippen LogP contribution in [0.15, 0.2) is 60.7 Å². The molecule has 0 unspecified atom stereocenters. The fourth-order valence-corrected chi connectivity index (χ4v) is 2.07. The fourth-order valence-electron chi connectivity index (χ4n) is 1.85. The number of aromatic nitrogens is 1. The monoisotopic (exact) mass is 254 g/mol. The second-order valence-electron chi connectivity index (χ2n) is 4.00. The molecule has 3 rings (SSSR count). The highest BCUT2D eigenvalue weighted by Gasteiger charge is 2.02. The Hall–Kier alpha value is -2.06. The lowest BCUT2D eigenvalue weighted by molar-refractivity contribution is 1.37. The Balaban J connectivity index is 2.01. The summed E-state index contributed by atoms with van der Waals surface area (Å²) in [6.45, 7) is 0. The van der Waals surface area contributed by atoms with E-state index in [9.17, 15) is 0 Å². The van der Waals surface area contributed by atoms with Crippen LogP contribution >= 0.6 is 11.6 Å². The van der Waals surface area contributed by atoms with Gasteiger partial charge in [-0.25, -0.2) is 4.98 Å². The molecule has 0 aliphatic heterocycles. The van der Waals surface area contributed by atoms with Gasteiger partial charge in [-0.1, -0.05) is 41.9 Å². The number of nitrogens with one attached hydrogen (secondary N) is 1. The molecule has 0 radical (unpaired) electrons. The predicted octanol–water partition coefficient (Wildman–Crippen LogP) is 4.63. The maximum Gasteiger partial charge on any atom is 0.131 e. The lowest BCUT2D eigenvalue weighted by Gasteiger charge is -2.07. The van der Waals surface area contributed by atoms with Crippen molar-refractivity contribution < 1.29 is 0 Å². The molecule has 2 nitrogen and oxygen atoms in total. The van der Waals surface area contributed by atoms with Crippen LogP contribution in [0.5, 0.6) is 0 Å². The number of hydrogen-bond acceptors (Lipinski definition) is 2. The van der Waals surface area contributed by atoms with E-state index in [4.69, 9.17) is 11.6 Å². The van der Waals surface area contributed by atoms with Gasteiger partial charge in [0.1, 0.15) is 5.82 Å². The van der Waals surface area contributed by atoms with Crippen LogP contribution in [0, 0.1) is 0 Å². The summed E-state index contributed by atoms with van der Waals surface area (Å²) in [7, 11) is 0. The molecule has 0 atom stereocenters. The molecule has 0 aliphatic rings. The van der Waals surface area contributed by atoms with E-state index >= 15 is 0 Å². The Kier molecular flexibility index (Phi) is 2.87. The molecule has 3 aromatic rings. The molecular formula is C15H11ClN2. The molecule has 0 spiro atoms. The highest BCUT2D eigenvalue weighted by Crippen LogP contribution is 2.24. The van der Waals surface area contributed by atoms with Crippen LogP contribution in [0.1, 0.15) is 0 Å². The Morgan fingerprint density at radius 3 is 2.50 bits per heavy atom. The molecule has 18 heavy (non-hydrogen) atoms. The zero-order chi connectivity index (χ0) is 12.4. The average molecular weight is 255 g/mol. The van der Waals surface area contributed by atoms with Gasteiger partial charge in [-0.15, -0.1) is 0 Å². The van der Waals surface area contributed by atoms with Crippen molar-refractivity contribution >= 4 is 34.0 Å². The first-order valence-electron chi connectivity index (χ1n) is 5.70. The summed E-state index contributed by atoms with van der Waals surface area (Å²) in [5.74, 6) is 0.793. The molecule has 0 saturated carbocycles. The van der Waals surface area contributed by atoms with Gasteiger partial charge in [-0.2, -0.15) is 0 Å². The molecule has 0 saturated heterocycles. The normalized spacial score (nSPS) is 10.5. The standard InChI is InChI=1S/C15H11ClN2/c16-13-8-4-5-11-9-10-14(18-15(11)13)17-12-6-2-1-3-7-12/h1-10H,(H,17,18). The van der Waals surface area contributed by atoms with Gasteiger partial charge in [0.05, 0.1) is 10.5 Å². The lowest BCUT2D eigenvalue weighted by atomic mass is 10.2. The molecule has 1 N–H and O–H groups in total. The van der Waals surface area contributed by atoms with Crippen molar-refractivity contribution in [2.24, 2.45) is 0 Å². The third kappa shape index (κ3) is 2.15. The van der Waals surface area contributed by atoms with Crippen LogP contribution in [-0.2, 0) is 0 Å². The third-order valence-electron chi connectivity index (χ3n) is 2.72. The van der Waals surface area contributed by atoms with Crippen molar-refractivity contribution in [3.63, 3.8) is 0 Å². The Morgan fingerprint density at radius 1 is 0.833 bits per heavy atom. The summed E-state index contributed by atoms with van der Waals surface area (Å²) < 4.78 is 0. The van der Waals surface area contributed by atoms with Crippen LogP contribution < -0.4 is 5.32 Å². The van der Waals surface area contributed by atoms with Gasteiger partial charge in [-0.3, -0.25) is 0 Å². The van der Waals surface area contributed by atoms with E-state index < -0.39 is 0 Å². The van der Waals surface area contributed by atoms with Crippen molar-refractivity contribution in [2.45, 2.75) is 0 Å². The molecule has 1 heterocycles. The minimum absolute atomic E-state index is 0.671. The van der Waals surface area contributed by atoms with E-state index in [1.807, 2.05) is 60.7 Å². The first-order chi connectivity index (χ1) is 8.83. The number of fused-ring (bicyclic) bond motifs is 1. The third-order valence-corrected chi connectivity index (χ3v) is 3.02. The number of para-hydroxylation sites is 2. The quantitative estimate of drug-likeness (QED) is 0.721. The SMILES string of the molecule is Clc1cccc2ccc(Nc3ccccc3)nc12. The number of nitrogens with zero attached hydrogens (tertiary/aromatic N) is 1. The highest BCUT2D eigenvalue weighted by atomic mass is 35.5. The maximum atomic E-state index is 6.14. The van der Waals surface area contributed by atoms with E-state index in [1.54, 1.807) is 0 Å². The van der Waals surface area contributed by atoms with E-state index in [-0.39, 0.29) is 0 Å². The molecule has 0 amide bonds. The van der Waals surface area contributed by atoms with Gasteiger partial charge in [0.15, 0.2) is 0 Å². The fraction of sp³-hybridized carbons (Fsp3) is 0. The summed E-state index contributed by atoms with van der Waals surface area (Å²) in [5, 5.41) is 4.97. The van der Waals surface area contributed by atoms with E-state index in [2.05, 4.69) is 10.3 Å². The number of anilines is 2. The lowest BCUT2D eigenvalue weighted by Crippen LogP contribution is -1.93.